The molecule has 1 aliphatic rings. The number of hydrogen-bond donors (Lipinski definition) is 3. The van der Waals surface area contributed by atoms with E-state index in [0.717, 1.165) is 32.2 Å². The van der Waals surface area contributed by atoms with Crippen LogP contribution in [0.1, 0.15) is 37.9 Å². The van der Waals surface area contributed by atoms with Gasteiger partial charge in [0.05, 0.1) is 6.20 Å². The first kappa shape index (κ1) is 15.6. The van der Waals surface area contributed by atoms with Gasteiger partial charge in [-0.1, -0.05) is 13.8 Å². The average molecular weight is 316 g/mol. The van der Waals surface area contributed by atoms with Crippen LogP contribution in [0.15, 0.2) is 18.5 Å². The van der Waals surface area contributed by atoms with Crippen molar-refractivity contribution < 1.29 is 4.79 Å². The number of nitrogens with zero attached hydrogens (tertiary/aromatic N) is 3. The minimum atomic E-state index is -0.198. The maximum atomic E-state index is 12.1. The number of anilines is 1. The molecule has 1 atom stereocenters. The molecule has 2 aromatic rings. The van der Waals surface area contributed by atoms with Gasteiger partial charge >= 0.3 is 6.03 Å². The first-order chi connectivity index (χ1) is 11.1. The number of rotatable bonds is 5. The van der Waals surface area contributed by atoms with Crippen LogP contribution in [-0.4, -0.2) is 32.1 Å². The van der Waals surface area contributed by atoms with E-state index in [9.17, 15) is 4.79 Å². The lowest BCUT2D eigenvalue weighted by Crippen LogP contribution is -2.41. The highest BCUT2D eigenvalue weighted by Gasteiger charge is 2.21. The van der Waals surface area contributed by atoms with Gasteiger partial charge in [0.15, 0.2) is 5.82 Å². The summed E-state index contributed by atoms with van der Waals surface area (Å²) in [6, 6.07) is 1.77. The van der Waals surface area contributed by atoms with Crippen molar-refractivity contribution in [2.45, 2.75) is 52.1 Å². The molecule has 0 bridgehead atoms. The van der Waals surface area contributed by atoms with Crippen LogP contribution >= 0.6 is 0 Å². The predicted octanol–water partition coefficient (Wildman–Crippen LogP) is 2.33. The fraction of sp³-hybridized carbons (Fsp3) is 0.562. The molecule has 0 fully saturated rings. The summed E-state index contributed by atoms with van der Waals surface area (Å²) in [7, 11) is 0. The molecule has 0 saturated carbocycles. The van der Waals surface area contributed by atoms with Crippen LogP contribution in [0.25, 0.3) is 0 Å². The second-order valence-corrected chi connectivity index (χ2v) is 6.56. The van der Waals surface area contributed by atoms with Crippen molar-refractivity contribution in [2.75, 3.05) is 5.32 Å². The maximum absolute atomic E-state index is 12.1. The van der Waals surface area contributed by atoms with Crippen LogP contribution < -0.4 is 10.6 Å². The number of hydrogen-bond acceptors (Lipinski definition) is 3. The summed E-state index contributed by atoms with van der Waals surface area (Å²) in [4.78, 5) is 12.1. The van der Waals surface area contributed by atoms with Gasteiger partial charge in [0.25, 0.3) is 0 Å². The van der Waals surface area contributed by atoms with Gasteiger partial charge in [0.2, 0.25) is 0 Å². The van der Waals surface area contributed by atoms with Crippen LogP contribution in [-0.2, 0) is 19.4 Å². The quantitative estimate of drug-likeness (QED) is 0.791. The molecule has 0 aliphatic heterocycles. The fourth-order valence-corrected chi connectivity index (χ4v) is 2.82. The Kier molecular flexibility index (Phi) is 4.64. The molecule has 7 nitrogen and oxygen atoms in total. The summed E-state index contributed by atoms with van der Waals surface area (Å²) in [5.74, 6) is 1.23. The van der Waals surface area contributed by atoms with E-state index < -0.39 is 0 Å². The zero-order valence-electron chi connectivity index (χ0n) is 13.7. The van der Waals surface area contributed by atoms with Crippen LogP contribution in [0.3, 0.4) is 0 Å². The number of fused-ring (bicyclic) bond motifs is 1. The van der Waals surface area contributed by atoms with Crippen molar-refractivity contribution in [1.82, 2.24) is 25.3 Å². The molecular formula is C16H24N6O. The average Bonchev–Trinajstić information content (AvgIpc) is 3.13. The van der Waals surface area contributed by atoms with Gasteiger partial charge < -0.3 is 5.32 Å². The molecule has 1 aliphatic carbocycles. The number of aromatic nitrogens is 4. The third-order valence-corrected chi connectivity index (χ3v) is 4.17. The van der Waals surface area contributed by atoms with E-state index in [4.69, 9.17) is 0 Å². The van der Waals surface area contributed by atoms with Crippen LogP contribution in [0.4, 0.5) is 10.6 Å². The van der Waals surface area contributed by atoms with E-state index in [1.165, 1.54) is 11.3 Å². The molecule has 2 aromatic heterocycles. The number of nitrogens with one attached hydrogen (secondary N) is 3. The highest BCUT2D eigenvalue weighted by atomic mass is 16.2. The summed E-state index contributed by atoms with van der Waals surface area (Å²) in [5.41, 5.74) is 2.38. The molecule has 2 amide bonds. The highest BCUT2D eigenvalue weighted by molar-refractivity contribution is 5.88. The molecule has 3 N–H and O–H groups in total. The van der Waals surface area contributed by atoms with Crippen molar-refractivity contribution in [2.24, 2.45) is 5.92 Å². The van der Waals surface area contributed by atoms with E-state index in [-0.39, 0.29) is 12.1 Å². The number of carbonyl (C=O) groups excluding carboxylic acids is 1. The number of carbonyl (C=O) groups is 1. The Labute approximate surface area is 135 Å². The maximum Gasteiger partial charge on any atom is 0.320 e. The monoisotopic (exact) mass is 316 g/mol. The van der Waals surface area contributed by atoms with E-state index in [2.05, 4.69) is 39.8 Å². The Morgan fingerprint density at radius 2 is 2.39 bits per heavy atom. The summed E-state index contributed by atoms with van der Waals surface area (Å²) < 4.78 is 1.87. The Bertz CT molecular complexity index is 659. The normalized spacial score (nSPS) is 17.1. The topological polar surface area (TPSA) is 87.6 Å². The van der Waals surface area contributed by atoms with E-state index >= 15 is 0 Å². The molecule has 0 radical (unpaired) electrons. The summed E-state index contributed by atoms with van der Waals surface area (Å²) in [5, 5.41) is 17.3. The second-order valence-electron chi connectivity index (χ2n) is 6.56. The Morgan fingerprint density at radius 3 is 3.22 bits per heavy atom. The Balaban J connectivity index is 1.48. The Morgan fingerprint density at radius 1 is 1.52 bits per heavy atom. The van der Waals surface area contributed by atoms with Gasteiger partial charge in [-0.05, 0) is 37.2 Å². The zero-order chi connectivity index (χ0) is 16.2. The van der Waals surface area contributed by atoms with E-state index in [1.807, 2.05) is 23.1 Å². The lowest BCUT2D eigenvalue weighted by Gasteiger charge is -2.22. The molecule has 0 aromatic carbocycles. The smallest absolute Gasteiger partial charge is 0.320 e. The minimum absolute atomic E-state index is 0.142. The SMILES string of the molecule is CC(C)CCn1ccc(NC(=O)NC2CCc3[nH]ncc3C2)n1. The van der Waals surface area contributed by atoms with Crippen molar-refractivity contribution in [3.8, 4) is 0 Å². The van der Waals surface area contributed by atoms with Gasteiger partial charge in [-0.25, -0.2) is 4.79 Å². The molecule has 0 spiro atoms. The van der Waals surface area contributed by atoms with Gasteiger partial charge in [0.1, 0.15) is 0 Å². The van der Waals surface area contributed by atoms with E-state index in [1.54, 1.807) is 0 Å². The molecule has 23 heavy (non-hydrogen) atoms. The standard InChI is InChI=1S/C16H24N6O/c1-11(2)5-7-22-8-6-15(21-22)19-16(23)18-13-3-4-14-12(9-13)10-17-20-14/h6,8,10-11,13H,3-5,7,9H2,1-2H3,(H,17,20)(H2,18,19,21,23). The molecule has 1 unspecified atom stereocenters. The summed E-state index contributed by atoms with van der Waals surface area (Å²) in [6.45, 7) is 5.24. The molecule has 2 heterocycles. The molecule has 0 saturated heterocycles. The number of aromatic amines is 1. The largest absolute Gasteiger partial charge is 0.335 e. The number of H-pyrrole nitrogens is 1. The van der Waals surface area contributed by atoms with Gasteiger partial charge in [0, 0.05) is 30.5 Å². The summed E-state index contributed by atoms with van der Waals surface area (Å²) in [6.07, 6.45) is 7.48. The van der Waals surface area contributed by atoms with Crippen molar-refractivity contribution >= 4 is 11.8 Å². The Hall–Kier alpha value is -2.31. The van der Waals surface area contributed by atoms with Gasteiger partial charge in [-0.3, -0.25) is 15.1 Å². The van der Waals surface area contributed by atoms with Crippen LogP contribution in [0, 0.1) is 5.92 Å². The number of urea groups is 1. The van der Waals surface area contributed by atoms with Gasteiger partial charge in [-0.15, -0.1) is 0 Å². The number of amides is 2. The van der Waals surface area contributed by atoms with Crippen molar-refractivity contribution in [3.05, 3.63) is 29.7 Å². The predicted molar refractivity (Wildman–Crippen MR) is 88.2 cm³/mol. The van der Waals surface area contributed by atoms with Crippen molar-refractivity contribution in [1.29, 1.82) is 0 Å². The third kappa shape index (κ3) is 4.12. The van der Waals surface area contributed by atoms with E-state index in [0.29, 0.717) is 11.7 Å². The highest BCUT2D eigenvalue weighted by Crippen LogP contribution is 2.18. The molecular weight excluding hydrogens is 292 g/mol. The first-order valence-corrected chi connectivity index (χ1v) is 8.22. The molecule has 7 heteroatoms. The minimum Gasteiger partial charge on any atom is -0.335 e. The lowest BCUT2D eigenvalue weighted by molar-refractivity contribution is 0.247. The summed E-state index contributed by atoms with van der Waals surface area (Å²) >= 11 is 0. The van der Waals surface area contributed by atoms with Crippen LogP contribution in [0.5, 0.6) is 0 Å². The van der Waals surface area contributed by atoms with Gasteiger partial charge in [-0.2, -0.15) is 10.2 Å². The first-order valence-electron chi connectivity index (χ1n) is 8.22. The van der Waals surface area contributed by atoms with Crippen LogP contribution in [0.2, 0.25) is 0 Å². The van der Waals surface area contributed by atoms with Crippen molar-refractivity contribution in [3.63, 3.8) is 0 Å². The lowest BCUT2D eigenvalue weighted by atomic mass is 9.94. The third-order valence-electron chi connectivity index (χ3n) is 4.17. The molecule has 124 valence electrons. The second kappa shape index (κ2) is 6.85. The fourth-order valence-electron chi connectivity index (χ4n) is 2.82. The number of aryl methyl sites for hydroxylation is 2. The zero-order valence-corrected chi connectivity index (χ0v) is 13.7. The molecule has 3 rings (SSSR count).